The standard InChI is InChI=1S/C15H22O12S/c1-7(16)23-12-11(6-22-28(5,20)21)27-15(26-10(4)19)14(25-9(3)18)13(12)24-8(2)17/h11-15H,6H2,1-5H3/t11-,12-,13+,14+,15+/m1/s1. The average molecular weight is 426 g/mol. The number of esters is 4. The third-order valence-electron chi connectivity index (χ3n) is 3.23. The summed E-state index contributed by atoms with van der Waals surface area (Å²) < 4.78 is 53.0. The number of carbonyl (C=O) groups excluding carboxylic acids is 4. The SMILES string of the molecule is CC(=O)O[C@H]1O[C@H](COS(C)(=O)=O)[C@@H](OC(C)=O)[C@H](OC(C)=O)[C@@H]1OC(C)=O. The van der Waals surface area contributed by atoms with E-state index in [1.165, 1.54) is 0 Å². The Morgan fingerprint density at radius 3 is 1.61 bits per heavy atom. The third kappa shape index (κ3) is 7.78. The van der Waals surface area contributed by atoms with E-state index in [1.54, 1.807) is 0 Å². The van der Waals surface area contributed by atoms with Gasteiger partial charge in [0.25, 0.3) is 10.1 Å². The molecule has 0 saturated carbocycles. The second-order valence-electron chi connectivity index (χ2n) is 5.86. The molecular formula is C15H22O12S. The van der Waals surface area contributed by atoms with Crippen molar-refractivity contribution in [2.75, 3.05) is 12.9 Å². The lowest BCUT2D eigenvalue weighted by molar-refractivity contribution is -0.298. The fraction of sp³-hybridized carbons (Fsp3) is 0.733. The third-order valence-corrected chi connectivity index (χ3v) is 3.79. The van der Waals surface area contributed by atoms with Crippen LogP contribution in [0.4, 0.5) is 0 Å². The van der Waals surface area contributed by atoms with Crippen LogP contribution in [0.3, 0.4) is 0 Å². The van der Waals surface area contributed by atoms with E-state index < -0.39 is 71.3 Å². The summed E-state index contributed by atoms with van der Waals surface area (Å²) in [5.74, 6) is -3.29. The van der Waals surface area contributed by atoms with E-state index in [2.05, 4.69) is 4.18 Å². The minimum absolute atomic E-state index is 0.654. The van der Waals surface area contributed by atoms with Crippen LogP contribution >= 0.6 is 0 Å². The lowest BCUT2D eigenvalue weighted by atomic mass is 9.98. The molecule has 0 aromatic rings. The Morgan fingerprint density at radius 2 is 1.18 bits per heavy atom. The highest BCUT2D eigenvalue weighted by atomic mass is 32.2. The lowest BCUT2D eigenvalue weighted by Gasteiger charge is -2.43. The molecule has 1 fully saturated rings. The molecular weight excluding hydrogens is 404 g/mol. The van der Waals surface area contributed by atoms with Gasteiger partial charge in [-0.2, -0.15) is 8.42 Å². The van der Waals surface area contributed by atoms with Crippen LogP contribution < -0.4 is 0 Å². The van der Waals surface area contributed by atoms with Gasteiger partial charge >= 0.3 is 23.9 Å². The number of hydrogen-bond acceptors (Lipinski definition) is 12. The van der Waals surface area contributed by atoms with E-state index in [4.69, 9.17) is 23.7 Å². The van der Waals surface area contributed by atoms with Crippen molar-refractivity contribution in [3.05, 3.63) is 0 Å². The van der Waals surface area contributed by atoms with E-state index in [0.717, 1.165) is 34.0 Å². The molecule has 0 spiro atoms. The van der Waals surface area contributed by atoms with Crippen molar-refractivity contribution in [1.82, 2.24) is 0 Å². The molecule has 1 saturated heterocycles. The Bertz CT molecular complexity index is 715. The van der Waals surface area contributed by atoms with Crippen molar-refractivity contribution in [2.24, 2.45) is 0 Å². The van der Waals surface area contributed by atoms with Gasteiger partial charge in [0.15, 0.2) is 12.2 Å². The van der Waals surface area contributed by atoms with Crippen molar-refractivity contribution < 1.29 is 55.5 Å². The average Bonchev–Trinajstić information content (AvgIpc) is 2.48. The highest BCUT2D eigenvalue weighted by molar-refractivity contribution is 7.85. The molecule has 0 aromatic heterocycles. The van der Waals surface area contributed by atoms with Gasteiger partial charge in [-0.3, -0.25) is 23.4 Å². The van der Waals surface area contributed by atoms with Gasteiger partial charge in [0.1, 0.15) is 6.10 Å². The summed E-state index contributed by atoms with van der Waals surface area (Å²) in [4.78, 5) is 45.9. The summed E-state index contributed by atoms with van der Waals surface area (Å²) in [7, 11) is -3.91. The highest BCUT2D eigenvalue weighted by Gasteiger charge is 2.53. The highest BCUT2D eigenvalue weighted by Crippen LogP contribution is 2.30. The molecule has 0 aromatic carbocycles. The molecule has 5 atom stereocenters. The van der Waals surface area contributed by atoms with Gasteiger partial charge < -0.3 is 23.7 Å². The molecule has 0 amide bonds. The Labute approximate surface area is 161 Å². The van der Waals surface area contributed by atoms with Gasteiger partial charge in [-0.25, -0.2) is 0 Å². The topological polar surface area (TPSA) is 158 Å². The zero-order valence-electron chi connectivity index (χ0n) is 15.9. The molecule has 0 bridgehead atoms. The van der Waals surface area contributed by atoms with Gasteiger partial charge in [0, 0.05) is 27.7 Å². The van der Waals surface area contributed by atoms with E-state index in [1.807, 2.05) is 0 Å². The normalized spacial score (nSPS) is 27.4. The fourth-order valence-electron chi connectivity index (χ4n) is 2.44. The predicted octanol–water partition coefficient (Wildman–Crippen LogP) is -0.954. The molecule has 0 aliphatic carbocycles. The zero-order chi connectivity index (χ0) is 21.6. The van der Waals surface area contributed by atoms with E-state index >= 15 is 0 Å². The largest absolute Gasteiger partial charge is 0.456 e. The van der Waals surface area contributed by atoms with Crippen LogP contribution in [-0.2, 0) is 57.2 Å². The second kappa shape index (κ2) is 9.80. The molecule has 28 heavy (non-hydrogen) atoms. The first kappa shape index (κ1) is 23.8. The Morgan fingerprint density at radius 1 is 0.750 bits per heavy atom. The smallest absolute Gasteiger partial charge is 0.305 e. The van der Waals surface area contributed by atoms with Gasteiger partial charge in [-0.1, -0.05) is 0 Å². The molecule has 0 N–H and O–H groups in total. The molecule has 1 rings (SSSR count). The van der Waals surface area contributed by atoms with Crippen molar-refractivity contribution in [3.63, 3.8) is 0 Å². The van der Waals surface area contributed by atoms with E-state index in [9.17, 15) is 27.6 Å². The Balaban J connectivity index is 3.33. The Kier molecular flexibility index (Phi) is 8.32. The van der Waals surface area contributed by atoms with E-state index in [-0.39, 0.29) is 0 Å². The summed E-state index contributed by atoms with van der Waals surface area (Å²) in [5, 5.41) is 0. The molecule has 13 heteroatoms. The summed E-state index contributed by atoms with van der Waals surface area (Å²) in [6.07, 6.45) is -6.49. The predicted molar refractivity (Wildman–Crippen MR) is 87.9 cm³/mol. The maximum Gasteiger partial charge on any atom is 0.305 e. The van der Waals surface area contributed by atoms with Crippen molar-refractivity contribution in [2.45, 2.75) is 58.4 Å². The zero-order valence-corrected chi connectivity index (χ0v) is 16.7. The summed E-state index contributed by atoms with van der Waals surface area (Å²) in [6.45, 7) is 3.55. The maximum absolute atomic E-state index is 11.5. The molecule has 0 radical (unpaired) electrons. The maximum atomic E-state index is 11.5. The molecule has 160 valence electrons. The summed E-state index contributed by atoms with van der Waals surface area (Å²) in [6, 6.07) is 0. The van der Waals surface area contributed by atoms with Gasteiger partial charge in [0.2, 0.25) is 12.4 Å². The fourth-order valence-corrected chi connectivity index (χ4v) is 2.82. The van der Waals surface area contributed by atoms with Crippen molar-refractivity contribution >= 4 is 34.0 Å². The molecule has 1 heterocycles. The molecule has 1 aliphatic heterocycles. The van der Waals surface area contributed by atoms with Crippen LogP contribution in [-0.4, -0.2) is 75.9 Å². The van der Waals surface area contributed by atoms with Crippen molar-refractivity contribution in [3.8, 4) is 0 Å². The van der Waals surface area contributed by atoms with Crippen LogP contribution in [0.25, 0.3) is 0 Å². The van der Waals surface area contributed by atoms with Crippen LogP contribution in [0, 0.1) is 0 Å². The van der Waals surface area contributed by atoms with Crippen LogP contribution in [0.2, 0.25) is 0 Å². The minimum atomic E-state index is -3.91. The van der Waals surface area contributed by atoms with Crippen LogP contribution in [0.1, 0.15) is 27.7 Å². The second-order valence-corrected chi connectivity index (χ2v) is 7.51. The number of hydrogen-bond donors (Lipinski definition) is 0. The summed E-state index contributed by atoms with van der Waals surface area (Å²) in [5.41, 5.74) is 0. The first-order chi connectivity index (χ1) is 12.8. The van der Waals surface area contributed by atoms with Crippen LogP contribution in [0.5, 0.6) is 0 Å². The molecule has 1 aliphatic rings. The quantitative estimate of drug-likeness (QED) is 0.279. The van der Waals surface area contributed by atoms with Gasteiger partial charge in [-0.15, -0.1) is 0 Å². The van der Waals surface area contributed by atoms with Gasteiger partial charge in [0.05, 0.1) is 12.9 Å². The van der Waals surface area contributed by atoms with Crippen LogP contribution in [0.15, 0.2) is 0 Å². The minimum Gasteiger partial charge on any atom is -0.456 e. The monoisotopic (exact) mass is 426 g/mol. The number of rotatable bonds is 7. The number of carbonyl (C=O) groups is 4. The lowest BCUT2D eigenvalue weighted by Crippen LogP contribution is -2.63. The molecule has 0 unspecified atom stereocenters. The first-order valence-corrected chi connectivity index (χ1v) is 9.80. The van der Waals surface area contributed by atoms with Crippen molar-refractivity contribution in [1.29, 1.82) is 0 Å². The summed E-state index contributed by atoms with van der Waals surface area (Å²) >= 11 is 0. The molecule has 12 nitrogen and oxygen atoms in total. The van der Waals surface area contributed by atoms with Gasteiger partial charge in [-0.05, 0) is 0 Å². The Hall–Kier alpha value is -2.25. The first-order valence-electron chi connectivity index (χ1n) is 7.99. The number of ether oxygens (including phenoxy) is 5. The van der Waals surface area contributed by atoms with E-state index in [0.29, 0.717) is 0 Å².